The van der Waals surface area contributed by atoms with E-state index >= 15 is 0 Å². The van der Waals surface area contributed by atoms with Crippen LogP contribution in [0.4, 0.5) is 4.39 Å². The van der Waals surface area contributed by atoms with Crippen LogP contribution in [0.25, 0.3) is 28.9 Å². The highest BCUT2D eigenvalue weighted by atomic mass is 19.1. The molecule has 0 saturated carbocycles. The van der Waals surface area contributed by atoms with Crippen molar-refractivity contribution in [3.8, 4) is 5.69 Å². The summed E-state index contributed by atoms with van der Waals surface area (Å²) < 4.78 is 15.3. The fraction of sp³-hybridized carbons (Fsp3) is 0. The largest absolute Gasteiger partial charge is 0.293 e. The lowest BCUT2D eigenvalue weighted by Crippen LogP contribution is -1.97. The van der Waals surface area contributed by atoms with Gasteiger partial charge >= 0.3 is 0 Å². The van der Waals surface area contributed by atoms with Crippen LogP contribution in [0, 0.1) is 5.82 Å². The summed E-state index contributed by atoms with van der Waals surface area (Å²) in [4.78, 5) is 4.71. The number of fused-ring (bicyclic) bond motifs is 1. The van der Waals surface area contributed by atoms with E-state index < -0.39 is 0 Å². The SMILES string of the molecule is Fc1ccc(-n2c(C=Cc3ccccc3)nc3ccccc32)cc1. The third kappa shape index (κ3) is 2.72. The Morgan fingerprint density at radius 1 is 0.750 bits per heavy atom. The van der Waals surface area contributed by atoms with Crippen LogP contribution in [0.3, 0.4) is 0 Å². The summed E-state index contributed by atoms with van der Waals surface area (Å²) in [7, 11) is 0. The molecule has 4 aromatic rings. The zero-order chi connectivity index (χ0) is 16.4. The maximum atomic E-state index is 13.3. The number of hydrogen-bond acceptors (Lipinski definition) is 1. The number of benzene rings is 3. The van der Waals surface area contributed by atoms with Crippen LogP contribution >= 0.6 is 0 Å². The number of imidazole rings is 1. The number of rotatable bonds is 3. The molecular weight excluding hydrogens is 299 g/mol. The average Bonchev–Trinajstić information content (AvgIpc) is 3.00. The summed E-state index contributed by atoms with van der Waals surface area (Å²) in [5.41, 5.74) is 3.90. The fourth-order valence-corrected chi connectivity index (χ4v) is 2.75. The minimum absolute atomic E-state index is 0.246. The van der Waals surface area contributed by atoms with Crippen molar-refractivity contribution in [2.75, 3.05) is 0 Å². The van der Waals surface area contributed by atoms with Crippen LogP contribution in [0.15, 0.2) is 78.9 Å². The predicted octanol–water partition coefficient (Wildman–Crippen LogP) is 5.34. The molecule has 0 radical (unpaired) electrons. The maximum absolute atomic E-state index is 13.3. The molecule has 0 saturated heterocycles. The van der Waals surface area contributed by atoms with Crippen LogP contribution in [-0.4, -0.2) is 9.55 Å². The molecule has 0 aliphatic rings. The van der Waals surface area contributed by atoms with Gasteiger partial charge in [-0.15, -0.1) is 0 Å². The van der Waals surface area contributed by atoms with Gasteiger partial charge in [0.2, 0.25) is 0 Å². The molecule has 0 aliphatic heterocycles. The number of halogens is 1. The molecule has 0 bridgehead atoms. The van der Waals surface area contributed by atoms with Gasteiger partial charge < -0.3 is 0 Å². The summed E-state index contributed by atoms with van der Waals surface area (Å²) in [5.74, 6) is 0.566. The summed E-state index contributed by atoms with van der Waals surface area (Å²) >= 11 is 0. The highest BCUT2D eigenvalue weighted by Gasteiger charge is 2.10. The molecule has 0 N–H and O–H groups in total. The molecule has 0 atom stereocenters. The van der Waals surface area contributed by atoms with Crippen LogP contribution in [0.5, 0.6) is 0 Å². The quantitative estimate of drug-likeness (QED) is 0.499. The molecule has 2 nitrogen and oxygen atoms in total. The van der Waals surface area contributed by atoms with Crippen molar-refractivity contribution < 1.29 is 4.39 Å². The lowest BCUT2D eigenvalue weighted by molar-refractivity contribution is 0.627. The monoisotopic (exact) mass is 314 g/mol. The third-order valence-electron chi connectivity index (χ3n) is 3.90. The standard InChI is InChI=1S/C21H15FN2/c22-17-11-13-18(14-12-17)24-20-9-5-4-8-19(20)23-21(24)15-10-16-6-2-1-3-7-16/h1-15H. The molecule has 0 aliphatic carbocycles. The first kappa shape index (κ1) is 14.4. The minimum Gasteiger partial charge on any atom is -0.293 e. The molecular formula is C21H15FN2. The number of aromatic nitrogens is 2. The number of hydrogen-bond donors (Lipinski definition) is 0. The van der Waals surface area contributed by atoms with Gasteiger partial charge in [0.25, 0.3) is 0 Å². The van der Waals surface area contributed by atoms with Crippen molar-refractivity contribution in [1.29, 1.82) is 0 Å². The van der Waals surface area contributed by atoms with Gasteiger partial charge in [-0.25, -0.2) is 9.37 Å². The summed E-state index contributed by atoms with van der Waals surface area (Å²) in [5, 5.41) is 0. The van der Waals surface area contributed by atoms with Gasteiger partial charge in [0.15, 0.2) is 0 Å². The van der Waals surface area contributed by atoms with Gasteiger partial charge in [-0.2, -0.15) is 0 Å². The van der Waals surface area contributed by atoms with E-state index in [0.717, 1.165) is 28.1 Å². The van der Waals surface area contributed by atoms with E-state index in [4.69, 9.17) is 4.98 Å². The predicted molar refractivity (Wildman–Crippen MR) is 96.4 cm³/mol. The van der Waals surface area contributed by atoms with E-state index in [1.165, 1.54) is 12.1 Å². The normalized spacial score (nSPS) is 11.4. The van der Waals surface area contributed by atoms with Crippen molar-refractivity contribution in [1.82, 2.24) is 9.55 Å². The summed E-state index contributed by atoms with van der Waals surface area (Å²) in [6, 6.07) is 24.5. The molecule has 1 aromatic heterocycles. The van der Waals surface area contributed by atoms with Crippen LogP contribution < -0.4 is 0 Å². The zero-order valence-corrected chi connectivity index (χ0v) is 12.9. The summed E-state index contributed by atoms with van der Waals surface area (Å²) in [6.45, 7) is 0. The number of nitrogens with zero attached hydrogens (tertiary/aromatic N) is 2. The van der Waals surface area contributed by atoms with Crippen molar-refractivity contribution >= 4 is 23.2 Å². The van der Waals surface area contributed by atoms with E-state index in [9.17, 15) is 4.39 Å². The highest BCUT2D eigenvalue weighted by molar-refractivity contribution is 5.82. The van der Waals surface area contributed by atoms with Crippen molar-refractivity contribution in [3.63, 3.8) is 0 Å². The molecule has 3 aromatic carbocycles. The van der Waals surface area contributed by atoms with Gasteiger partial charge in [0.1, 0.15) is 11.6 Å². The molecule has 4 rings (SSSR count). The van der Waals surface area contributed by atoms with Crippen molar-refractivity contribution in [2.45, 2.75) is 0 Å². The fourth-order valence-electron chi connectivity index (χ4n) is 2.75. The number of para-hydroxylation sites is 2. The van der Waals surface area contributed by atoms with E-state index in [0.29, 0.717) is 0 Å². The second-order valence-electron chi connectivity index (χ2n) is 5.51. The maximum Gasteiger partial charge on any atom is 0.138 e. The van der Waals surface area contributed by atoms with Gasteiger partial charge in [-0.05, 0) is 48.0 Å². The summed E-state index contributed by atoms with van der Waals surface area (Å²) in [6.07, 6.45) is 4.01. The average molecular weight is 314 g/mol. The smallest absolute Gasteiger partial charge is 0.138 e. The van der Waals surface area contributed by atoms with Gasteiger partial charge in [-0.3, -0.25) is 4.57 Å². The first-order chi connectivity index (χ1) is 11.8. The first-order valence-corrected chi connectivity index (χ1v) is 7.78. The lowest BCUT2D eigenvalue weighted by atomic mass is 10.2. The van der Waals surface area contributed by atoms with Crippen molar-refractivity contribution in [3.05, 3.63) is 96.1 Å². The van der Waals surface area contributed by atoms with Crippen LogP contribution in [-0.2, 0) is 0 Å². The Hall–Kier alpha value is -3.20. The zero-order valence-electron chi connectivity index (χ0n) is 12.9. The molecule has 3 heteroatoms. The van der Waals surface area contributed by atoms with Crippen LogP contribution in [0.1, 0.15) is 11.4 Å². The third-order valence-corrected chi connectivity index (χ3v) is 3.90. The van der Waals surface area contributed by atoms with Gasteiger partial charge in [0, 0.05) is 5.69 Å². The molecule has 0 fully saturated rings. The molecule has 0 unspecified atom stereocenters. The topological polar surface area (TPSA) is 17.8 Å². The molecule has 24 heavy (non-hydrogen) atoms. The van der Waals surface area contributed by atoms with E-state index in [1.54, 1.807) is 12.1 Å². The highest BCUT2D eigenvalue weighted by Crippen LogP contribution is 2.23. The Kier molecular flexibility index (Phi) is 3.67. The Bertz CT molecular complexity index is 999. The Morgan fingerprint density at radius 3 is 2.25 bits per heavy atom. The molecule has 0 spiro atoms. The molecule has 0 amide bonds. The first-order valence-electron chi connectivity index (χ1n) is 7.78. The van der Waals surface area contributed by atoms with Gasteiger partial charge in [0.05, 0.1) is 11.0 Å². The second-order valence-corrected chi connectivity index (χ2v) is 5.51. The van der Waals surface area contributed by atoms with Crippen LogP contribution in [0.2, 0.25) is 0 Å². The second kappa shape index (κ2) is 6.13. The molecule has 116 valence electrons. The van der Waals surface area contributed by atoms with Crippen molar-refractivity contribution in [2.24, 2.45) is 0 Å². The Labute approximate surface area is 139 Å². The van der Waals surface area contributed by atoms with Gasteiger partial charge in [-0.1, -0.05) is 48.5 Å². The lowest BCUT2D eigenvalue weighted by Gasteiger charge is -2.07. The minimum atomic E-state index is -0.246. The van der Waals surface area contributed by atoms with E-state index in [-0.39, 0.29) is 5.82 Å². The Morgan fingerprint density at radius 2 is 1.46 bits per heavy atom. The molecule has 1 heterocycles. The van der Waals surface area contributed by atoms with E-state index in [2.05, 4.69) is 0 Å². The van der Waals surface area contributed by atoms with E-state index in [1.807, 2.05) is 71.3 Å². The Balaban J connectivity index is 1.87.